The lowest BCUT2D eigenvalue weighted by molar-refractivity contribution is 0.0262. The van der Waals surface area contributed by atoms with Gasteiger partial charge in [0.05, 0.1) is 5.60 Å². The lowest BCUT2D eigenvalue weighted by atomic mass is 9.90. The van der Waals surface area contributed by atoms with Crippen molar-refractivity contribution in [3.63, 3.8) is 0 Å². The second-order valence-electron chi connectivity index (χ2n) is 3.97. The first-order valence-electron chi connectivity index (χ1n) is 5.42. The maximum absolute atomic E-state index is 10.3. The Hall–Kier alpha value is -0.410. The van der Waals surface area contributed by atoms with Gasteiger partial charge in [-0.2, -0.15) is 0 Å². The molecule has 0 fully saturated rings. The van der Waals surface area contributed by atoms with Crippen LogP contribution in [0.5, 0.6) is 0 Å². The third kappa shape index (κ3) is 3.92. The van der Waals surface area contributed by atoms with Gasteiger partial charge in [0.1, 0.15) is 0 Å². The summed E-state index contributed by atoms with van der Waals surface area (Å²) in [5.41, 5.74) is 0.367. The minimum absolute atomic E-state index is 0.588. The van der Waals surface area contributed by atoms with Crippen LogP contribution in [0.2, 0.25) is 0 Å². The van der Waals surface area contributed by atoms with E-state index in [9.17, 15) is 5.11 Å². The van der Waals surface area contributed by atoms with Gasteiger partial charge in [-0.3, -0.25) is 4.98 Å². The van der Waals surface area contributed by atoms with Crippen molar-refractivity contribution in [2.75, 3.05) is 0 Å². The fourth-order valence-corrected chi connectivity index (χ4v) is 1.94. The highest BCUT2D eigenvalue weighted by molar-refractivity contribution is 9.10. The van der Waals surface area contributed by atoms with Crippen LogP contribution >= 0.6 is 15.9 Å². The fourth-order valence-electron chi connectivity index (χ4n) is 1.70. The van der Waals surface area contributed by atoms with Crippen LogP contribution in [0.1, 0.15) is 38.8 Å². The Morgan fingerprint density at radius 1 is 1.40 bits per heavy atom. The predicted octanol–water partition coefficient (Wildman–Crippen LogP) is 3.33. The molecular formula is C12H18BrNO. The zero-order chi connectivity index (χ0) is 11.3. The van der Waals surface area contributed by atoms with E-state index < -0.39 is 5.60 Å². The van der Waals surface area contributed by atoms with Crippen molar-refractivity contribution in [3.05, 3.63) is 28.5 Å². The zero-order valence-corrected chi connectivity index (χ0v) is 10.9. The quantitative estimate of drug-likeness (QED) is 0.891. The molecule has 0 aliphatic carbocycles. The van der Waals surface area contributed by atoms with Crippen molar-refractivity contribution in [2.45, 2.75) is 45.1 Å². The van der Waals surface area contributed by atoms with Crippen LogP contribution in [0.4, 0.5) is 0 Å². The number of hydrogen-bond donors (Lipinski definition) is 1. The number of rotatable bonds is 5. The first-order valence-corrected chi connectivity index (χ1v) is 6.22. The highest BCUT2D eigenvalue weighted by atomic mass is 79.9. The van der Waals surface area contributed by atoms with Crippen LogP contribution < -0.4 is 0 Å². The van der Waals surface area contributed by atoms with E-state index in [1.165, 1.54) is 0 Å². The van der Waals surface area contributed by atoms with Gasteiger partial charge in [0.25, 0.3) is 0 Å². The molecule has 0 spiro atoms. The molecule has 1 atom stereocenters. The average molecular weight is 272 g/mol. The maximum atomic E-state index is 10.3. The molecule has 1 aromatic rings. The van der Waals surface area contributed by atoms with E-state index in [1.54, 1.807) is 6.20 Å². The third-order valence-electron chi connectivity index (χ3n) is 2.67. The third-order valence-corrected chi connectivity index (χ3v) is 3.14. The summed E-state index contributed by atoms with van der Waals surface area (Å²) in [7, 11) is 0. The molecule has 1 unspecified atom stereocenters. The van der Waals surface area contributed by atoms with Gasteiger partial charge in [-0.05, 0) is 40.9 Å². The molecule has 0 radical (unpaired) electrons. The van der Waals surface area contributed by atoms with E-state index in [0.717, 1.165) is 29.4 Å². The SMILES string of the molecule is CCCC(O)(CC)Cc1ccc(Br)cn1. The van der Waals surface area contributed by atoms with Gasteiger partial charge in [0, 0.05) is 22.8 Å². The Kier molecular flexibility index (Phi) is 4.74. The van der Waals surface area contributed by atoms with Crippen molar-refractivity contribution in [1.82, 2.24) is 4.98 Å². The first kappa shape index (κ1) is 12.7. The van der Waals surface area contributed by atoms with E-state index in [4.69, 9.17) is 0 Å². The number of pyridine rings is 1. The fraction of sp³-hybridized carbons (Fsp3) is 0.583. The van der Waals surface area contributed by atoms with E-state index >= 15 is 0 Å². The summed E-state index contributed by atoms with van der Waals surface area (Å²) in [6, 6.07) is 3.92. The van der Waals surface area contributed by atoms with Crippen molar-refractivity contribution in [1.29, 1.82) is 0 Å². The number of hydrogen-bond acceptors (Lipinski definition) is 2. The zero-order valence-electron chi connectivity index (χ0n) is 9.33. The Bertz CT molecular complexity index is 299. The van der Waals surface area contributed by atoms with Gasteiger partial charge in [-0.15, -0.1) is 0 Å². The van der Waals surface area contributed by atoms with E-state index in [2.05, 4.69) is 27.8 Å². The van der Waals surface area contributed by atoms with Gasteiger partial charge in [-0.25, -0.2) is 0 Å². The topological polar surface area (TPSA) is 33.1 Å². The van der Waals surface area contributed by atoms with Crippen LogP contribution in [0.3, 0.4) is 0 Å². The molecule has 2 nitrogen and oxygen atoms in total. The summed E-state index contributed by atoms with van der Waals surface area (Å²) < 4.78 is 0.974. The van der Waals surface area contributed by atoms with E-state index in [1.807, 2.05) is 19.1 Å². The second-order valence-corrected chi connectivity index (χ2v) is 4.89. The van der Waals surface area contributed by atoms with Gasteiger partial charge >= 0.3 is 0 Å². The molecule has 0 aliphatic heterocycles. The molecule has 1 N–H and O–H groups in total. The molecule has 84 valence electrons. The van der Waals surface area contributed by atoms with E-state index in [-0.39, 0.29) is 0 Å². The summed E-state index contributed by atoms with van der Waals surface area (Å²) in [5, 5.41) is 10.3. The lowest BCUT2D eigenvalue weighted by Crippen LogP contribution is -2.30. The molecule has 1 rings (SSSR count). The predicted molar refractivity (Wildman–Crippen MR) is 65.8 cm³/mol. The van der Waals surface area contributed by atoms with E-state index in [0.29, 0.717) is 6.42 Å². The van der Waals surface area contributed by atoms with Crippen molar-refractivity contribution in [2.24, 2.45) is 0 Å². The van der Waals surface area contributed by atoms with Gasteiger partial charge in [0.15, 0.2) is 0 Å². The molecule has 0 bridgehead atoms. The molecule has 0 amide bonds. The molecule has 1 heterocycles. The van der Waals surface area contributed by atoms with Gasteiger partial charge in [-0.1, -0.05) is 20.3 Å². The van der Waals surface area contributed by atoms with Crippen LogP contribution in [0.15, 0.2) is 22.8 Å². The van der Waals surface area contributed by atoms with Crippen LogP contribution in [0, 0.1) is 0 Å². The molecule has 0 aliphatic rings. The van der Waals surface area contributed by atoms with Gasteiger partial charge in [0.2, 0.25) is 0 Å². The smallest absolute Gasteiger partial charge is 0.0700 e. The minimum atomic E-state index is -0.588. The Labute approximate surface area is 99.9 Å². The number of aliphatic hydroxyl groups is 1. The maximum Gasteiger partial charge on any atom is 0.0700 e. The molecule has 15 heavy (non-hydrogen) atoms. The molecule has 0 saturated carbocycles. The van der Waals surface area contributed by atoms with Crippen molar-refractivity contribution in [3.8, 4) is 0 Å². The normalized spacial score (nSPS) is 14.9. The summed E-state index contributed by atoms with van der Waals surface area (Å²) in [6.45, 7) is 4.12. The summed E-state index contributed by atoms with van der Waals surface area (Å²) in [6.07, 6.45) is 5.03. The van der Waals surface area contributed by atoms with Crippen molar-refractivity contribution >= 4 is 15.9 Å². The van der Waals surface area contributed by atoms with Crippen LogP contribution in [-0.2, 0) is 6.42 Å². The second kappa shape index (κ2) is 5.61. The molecule has 0 aromatic carbocycles. The number of aromatic nitrogens is 1. The summed E-state index contributed by atoms with van der Waals surface area (Å²) >= 11 is 3.35. The molecule has 1 aromatic heterocycles. The highest BCUT2D eigenvalue weighted by Gasteiger charge is 2.24. The molecular weight excluding hydrogens is 254 g/mol. The van der Waals surface area contributed by atoms with Crippen LogP contribution in [0.25, 0.3) is 0 Å². The molecule has 3 heteroatoms. The minimum Gasteiger partial charge on any atom is -0.389 e. The summed E-state index contributed by atoms with van der Waals surface area (Å²) in [5.74, 6) is 0. The van der Waals surface area contributed by atoms with Crippen molar-refractivity contribution < 1.29 is 5.11 Å². The number of halogens is 1. The van der Waals surface area contributed by atoms with Crippen LogP contribution in [-0.4, -0.2) is 15.7 Å². The lowest BCUT2D eigenvalue weighted by Gasteiger charge is -2.25. The largest absolute Gasteiger partial charge is 0.389 e. The Morgan fingerprint density at radius 2 is 2.13 bits per heavy atom. The first-order chi connectivity index (χ1) is 7.09. The Morgan fingerprint density at radius 3 is 2.60 bits per heavy atom. The summed E-state index contributed by atoms with van der Waals surface area (Å²) in [4.78, 5) is 4.29. The highest BCUT2D eigenvalue weighted by Crippen LogP contribution is 2.22. The number of nitrogens with zero attached hydrogens (tertiary/aromatic N) is 1. The van der Waals surface area contributed by atoms with Gasteiger partial charge < -0.3 is 5.11 Å². The average Bonchev–Trinajstić information content (AvgIpc) is 2.22. The molecule has 0 saturated heterocycles. The monoisotopic (exact) mass is 271 g/mol. The standard InChI is InChI=1S/C12H18BrNO/c1-3-7-12(15,4-2)8-11-6-5-10(13)9-14-11/h5-6,9,15H,3-4,7-8H2,1-2H3. The Balaban J connectivity index is 2.70.